The van der Waals surface area contributed by atoms with Crippen LogP contribution < -0.4 is 0 Å². The van der Waals surface area contributed by atoms with Gasteiger partial charge in [-0.3, -0.25) is 0 Å². The Kier molecular flexibility index (Phi) is 2.49. The minimum atomic E-state index is -4.44. The molecule has 6 heteroatoms. The summed E-state index contributed by atoms with van der Waals surface area (Å²) in [4.78, 5) is 14.3. The molecule has 0 aliphatic carbocycles. The van der Waals surface area contributed by atoms with Crippen LogP contribution in [0.15, 0.2) is 30.5 Å². The van der Waals surface area contributed by atoms with Crippen LogP contribution in [0.5, 0.6) is 0 Å². The highest BCUT2D eigenvalue weighted by molar-refractivity contribution is 5.92. The lowest BCUT2D eigenvalue weighted by Gasteiger charge is -2.07. The number of hydrogen-bond donors (Lipinski definition) is 1. The van der Waals surface area contributed by atoms with Crippen LogP contribution in [0.1, 0.15) is 16.1 Å². The van der Waals surface area contributed by atoms with E-state index in [0.717, 1.165) is 18.2 Å². The van der Waals surface area contributed by atoms with Gasteiger partial charge in [-0.25, -0.2) is 9.78 Å². The number of carboxylic acids is 1. The first-order chi connectivity index (χ1) is 7.88. The van der Waals surface area contributed by atoms with Crippen LogP contribution in [0, 0.1) is 0 Å². The summed E-state index contributed by atoms with van der Waals surface area (Å²) in [6.45, 7) is 0. The van der Waals surface area contributed by atoms with E-state index in [1.165, 1.54) is 12.3 Å². The number of aromatic nitrogens is 1. The Balaban J connectivity index is 2.62. The van der Waals surface area contributed by atoms with Gasteiger partial charge in [0.25, 0.3) is 0 Å². The maximum atomic E-state index is 12.4. The van der Waals surface area contributed by atoms with Crippen LogP contribution in [0.25, 0.3) is 10.8 Å². The Morgan fingerprint density at radius 3 is 2.47 bits per heavy atom. The highest BCUT2D eigenvalue weighted by Crippen LogP contribution is 2.31. The highest BCUT2D eigenvalue weighted by Gasteiger charge is 2.30. The molecule has 0 radical (unpaired) electrons. The molecule has 2 aromatic rings. The molecular formula is C11H6F3NO2. The van der Waals surface area contributed by atoms with Crippen LogP contribution in [0.2, 0.25) is 0 Å². The second-order valence-electron chi connectivity index (χ2n) is 3.43. The molecule has 0 fully saturated rings. The van der Waals surface area contributed by atoms with Gasteiger partial charge in [0.05, 0.1) is 5.56 Å². The molecule has 0 bridgehead atoms. The summed E-state index contributed by atoms with van der Waals surface area (Å²) in [5.41, 5.74) is -1.09. The summed E-state index contributed by atoms with van der Waals surface area (Å²) in [6, 6.07) is 4.22. The zero-order chi connectivity index (χ0) is 12.6. The Morgan fingerprint density at radius 2 is 1.88 bits per heavy atom. The van der Waals surface area contributed by atoms with Gasteiger partial charge in [0.2, 0.25) is 0 Å². The monoisotopic (exact) mass is 241 g/mol. The first-order valence-corrected chi connectivity index (χ1v) is 4.58. The normalized spacial score (nSPS) is 11.7. The molecule has 2 rings (SSSR count). The number of hydrogen-bond acceptors (Lipinski definition) is 2. The molecule has 0 atom stereocenters. The van der Waals surface area contributed by atoms with Crippen molar-refractivity contribution in [3.05, 3.63) is 41.7 Å². The van der Waals surface area contributed by atoms with Gasteiger partial charge in [-0.15, -0.1) is 0 Å². The minimum Gasteiger partial charge on any atom is -0.477 e. The van der Waals surface area contributed by atoms with E-state index in [0.29, 0.717) is 5.39 Å². The van der Waals surface area contributed by atoms with Crippen LogP contribution >= 0.6 is 0 Å². The summed E-state index contributed by atoms with van der Waals surface area (Å²) in [5.74, 6) is -1.27. The summed E-state index contributed by atoms with van der Waals surface area (Å²) in [6.07, 6.45) is -3.21. The van der Waals surface area contributed by atoms with E-state index in [1.54, 1.807) is 0 Å². The van der Waals surface area contributed by atoms with E-state index in [1.807, 2.05) is 0 Å². The third kappa shape index (κ3) is 2.20. The topological polar surface area (TPSA) is 50.2 Å². The SMILES string of the molecule is O=C(O)c1cc2cc(C(F)(F)F)ccc2cn1. The molecule has 3 nitrogen and oxygen atoms in total. The summed E-state index contributed by atoms with van der Waals surface area (Å²) in [5, 5.41) is 9.35. The molecule has 88 valence electrons. The average Bonchev–Trinajstić information content (AvgIpc) is 2.26. The Hall–Kier alpha value is -2.11. The highest BCUT2D eigenvalue weighted by atomic mass is 19.4. The summed E-state index contributed by atoms with van der Waals surface area (Å²) >= 11 is 0. The van der Waals surface area contributed by atoms with E-state index >= 15 is 0 Å². The zero-order valence-corrected chi connectivity index (χ0v) is 8.32. The van der Waals surface area contributed by atoms with Crippen molar-refractivity contribution in [2.75, 3.05) is 0 Å². The number of carboxylic acid groups (broad SMARTS) is 1. The fourth-order valence-corrected chi connectivity index (χ4v) is 1.43. The summed E-state index contributed by atoms with van der Waals surface area (Å²) < 4.78 is 37.3. The number of nitrogens with zero attached hydrogens (tertiary/aromatic N) is 1. The van der Waals surface area contributed by atoms with Crippen molar-refractivity contribution in [1.82, 2.24) is 4.98 Å². The molecule has 0 unspecified atom stereocenters. The largest absolute Gasteiger partial charge is 0.477 e. The van der Waals surface area contributed by atoms with Gasteiger partial charge in [0, 0.05) is 11.6 Å². The molecule has 1 aromatic carbocycles. The van der Waals surface area contributed by atoms with Crippen molar-refractivity contribution < 1.29 is 23.1 Å². The van der Waals surface area contributed by atoms with Crippen LogP contribution in [0.3, 0.4) is 0 Å². The first-order valence-electron chi connectivity index (χ1n) is 4.58. The van der Waals surface area contributed by atoms with Crippen LogP contribution in [-0.2, 0) is 6.18 Å². The number of carbonyl (C=O) groups is 1. The Morgan fingerprint density at radius 1 is 1.18 bits per heavy atom. The number of halogens is 3. The second-order valence-corrected chi connectivity index (χ2v) is 3.43. The third-order valence-electron chi connectivity index (χ3n) is 2.27. The van der Waals surface area contributed by atoms with Crippen LogP contribution in [-0.4, -0.2) is 16.1 Å². The standard InChI is InChI=1S/C11H6F3NO2/c12-11(13,14)8-2-1-6-5-15-9(10(16)17)4-7(6)3-8/h1-5H,(H,16,17). The number of benzene rings is 1. The molecule has 17 heavy (non-hydrogen) atoms. The number of rotatable bonds is 1. The number of alkyl halides is 3. The molecule has 0 amide bonds. The molecule has 1 heterocycles. The Bertz CT molecular complexity index is 593. The van der Waals surface area contributed by atoms with Gasteiger partial charge in [-0.2, -0.15) is 13.2 Å². The fraction of sp³-hybridized carbons (Fsp3) is 0.0909. The number of aromatic carboxylic acids is 1. The van der Waals surface area contributed by atoms with E-state index in [4.69, 9.17) is 5.11 Å². The quantitative estimate of drug-likeness (QED) is 0.835. The van der Waals surface area contributed by atoms with E-state index in [2.05, 4.69) is 4.98 Å². The van der Waals surface area contributed by atoms with Crippen LogP contribution in [0.4, 0.5) is 13.2 Å². The minimum absolute atomic E-state index is 0.201. The molecule has 0 spiro atoms. The van der Waals surface area contributed by atoms with Crippen molar-refractivity contribution in [3.8, 4) is 0 Å². The summed E-state index contributed by atoms with van der Waals surface area (Å²) in [7, 11) is 0. The second kappa shape index (κ2) is 3.73. The third-order valence-corrected chi connectivity index (χ3v) is 2.27. The Labute approximate surface area is 93.5 Å². The average molecular weight is 241 g/mol. The van der Waals surface area contributed by atoms with Gasteiger partial charge in [-0.05, 0) is 23.6 Å². The lowest BCUT2D eigenvalue weighted by Crippen LogP contribution is -2.05. The molecule has 0 saturated carbocycles. The molecule has 0 aliphatic rings. The van der Waals surface area contributed by atoms with Gasteiger partial charge in [0.1, 0.15) is 5.69 Å². The smallest absolute Gasteiger partial charge is 0.416 e. The first kappa shape index (κ1) is 11.4. The molecule has 0 saturated heterocycles. The number of fused-ring (bicyclic) bond motifs is 1. The van der Waals surface area contributed by atoms with E-state index in [-0.39, 0.29) is 11.1 Å². The maximum absolute atomic E-state index is 12.4. The van der Waals surface area contributed by atoms with Crippen molar-refractivity contribution in [2.45, 2.75) is 6.18 Å². The molecule has 1 aromatic heterocycles. The van der Waals surface area contributed by atoms with E-state index < -0.39 is 17.7 Å². The van der Waals surface area contributed by atoms with Gasteiger partial charge < -0.3 is 5.11 Å². The number of pyridine rings is 1. The van der Waals surface area contributed by atoms with Crippen molar-refractivity contribution in [1.29, 1.82) is 0 Å². The zero-order valence-electron chi connectivity index (χ0n) is 8.32. The predicted octanol–water partition coefficient (Wildman–Crippen LogP) is 2.95. The van der Waals surface area contributed by atoms with Crippen molar-refractivity contribution >= 4 is 16.7 Å². The van der Waals surface area contributed by atoms with Gasteiger partial charge >= 0.3 is 12.1 Å². The lowest BCUT2D eigenvalue weighted by atomic mass is 10.1. The maximum Gasteiger partial charge on any atom is 0.416 e. The molecule has 1 N–H and O–H groups in total. The fourth-order valence-electron chi connectivity index (χ4n) is 1.43. The molecular weight excluding hydrogens is 235 g/mol. The lowest BCUT2D eigenvalue weighted by molar-refractivity contribution is -0.137. The van der Waals surface area contributed by atoms with Crippen molar-refractivity contribution in [2.24, 2.45) is 0 Å². The van der Waals surface area contributed by atoms with Gasteiger partial charge in [0.15, 0.2) is 0 Å². The predicted molar refractivity (Wildman–Crippen MR) is 53.7 cm³/mol. The van der Waals surface area contributed by atoms with Gasteiger partial charge in [-0.1, -0.05) is 6.07 Å². The van der Waals surface area contributed by atoms with Crippen molar-refractivity contribution in [3.63, 3.8) is 0 Å². The molecule has 0 aliphatic heterocycles. The van der Waals surface area contributed by atoms with E-state index in [9.17, 15) is 18.0 Å².